The number of nitrogens with zero attached hydrogens (tertiary/aromatic N) is 1. The number of nitrogens with one attached hydrogen (secondary N) is 1. The molecule has 0 fully saturated rings. The number of carbonyl (C=O) groups excluding carboxylic acids is 1. The summed E-state index contributed by atoms with van der Waals surface area (Å²) in [5.74, 6) is -0.161. The van der Waals surface area contributed by atoms with Gasteiger partial charge < -0.3 is 28.8 Å². The topological polar surface area (TPSA) is 108 Å². The Morgan fingerprint density at radius 3 is 1.11 bits per heavy atom. The Bertz CT molecular complexity index is 1530. The second-order valence-electron chi connectivity index (χ2n) is 24.5. The third kappa shape index (κ3) is 63.5. The van der Waals surface area contributed by atoms with Crippen LogP contribution in [-0.4, -0.2) is 68.5 Å². The molecule has 0 aromatic rings. The molecule has 0 spiro atoms. The van der Waals surface area contributed by atoms with Gasteiger partial charge in [-0.1, -0.05) is 324 Å². The van der Waals surface area contributed by atoms with Crippen molar-refractivity contribution in [1.29, 1.82) is 0 Å². The number of rotatable bonds is 63. The SMILES string of the molecule is CC/C=C\C/C=C\C/C=C\C/C=C\C/C=C\C/C=C\CCCCCCCCCCCCCCCCCCCCC(=O)NC(COP(=O)([O-])OCC[N+](C)(C)C)C(O)CCCCCCCCCCCCCCCCCCCCCCC. The molecular weight excluding hydrogens is 1010 g/mol. The first-order chi connectivity index (χ1) is 39.0. The smallest absolute Gasteiger partial charge is 0.268 e. The van der Waals surface area contributed by atoms with Gasteiger partial charge in [0.1, 0.15) is 13.2 Å². The highest BCUT2D eigenvalue weighted by molar-refractivity contribution is 7.45. The number of unbranched alkanes of at least 4 members (excludes halogenated alkanes) is 38. The van der Waals surface area contributed by atoms with Gasteiger partial charge in [-0.15, -0.1) is 0 Å². The second-order valence-corrected chi connectivity index (χ2v) is 25.9. The van der Waals surface area contributed by atoms with Gasteiger partial charge in [0, 0.05) is 6.42 Å². The van der Waals surface area contributed by atoms with Crippen LogP contribution in [0.4, 0.5) is 0 Å². The molecule has 0 aromatic carbocycles. The molecule has 9 heteroatoms. The molecule has 80 heavy (non-hydrogen) atoms. The number of quaternary nitrogens is 1. The standard InChI is InChI=1S/C71H133N2O6P/c1-6-8-10-12-14-16-18-20-22-24-26-28-29-30-31-32-33-34-35-36-37-38-39-40-41-42-43-45-47-49-51-53-55-57-59-61-63-65-71(75)72-69(68-79-80(76,77)78-67-66-73(3,4)5)70(74)64-62-60-58-56-54-52-50-48-46-44-27-25-23-21-19-17-15-13-11-9-7-2/h8,10,14,16,20,22,26,28,30-31,33-34,69-70,74H,6-7,9,11-13,15,17-19,21,23-25,27,29,32,35-68H2,1-5H3,(H-,72,75,76,77)/b10-8-,16-14-,22-20-,28-26-,31-30-,34-33-. The minimum atomic E-state index is -4.58. The highest BCUT2D eigenvalue weighted by Crippen LogP contribution is 2.38. The van der Waals surface area contributed by atoms with Gasteiger partial charge in [0.25, 0.3) is 7.82 Å². The quantitative estimate of drug-likeness (QED) is 0.0272. The van der Waals surface area contributed by atoms with Crippen LogP contribution in [-0.2, 0) is 18.4 Å². The molecular formula is C71H133N2O6P. The van der Waals surface area contributed by atoms with E-state index in [2.05, 4.69) is 92.1 Å². The van der Waals surface area contributed by atoms with Crippen LogP contribution in [0, 0.1) is 0 Å². The maximum atomic E-state index is 13.0. The lowest BCUT2D eigenvalue weighted by Crippen LogP contribution is -2.46. The summed E-state index contributed by atoms with van der Waals surface area (Å²) in [5, 5.41) is 14.1. The van der Waals surface area contributed by atoms with Gasteiger partial charge >= 0.3 is 0 Å². The summed E-state index contributed by atoms with van der Waals surface area (Å²) in [4.78, 5) is 25.6. The number of amides is 1. The molecule has 1 amide bonds. The summed E-state index contributed by atoms with van der Waals surface area (Å²) in [6.45, 7) is 4.65. The van der Waals surface area contributed by atoms with E-state index >= 15 is 0 Å². The van der Waals surface area contributed by atoms with Crippen molar-refractivity contribution < 1.29 is 32.9 Å². The van der Waals surface area contributed by atoms with E-state index in [4.69, 9.17) is 9.05 Å². The zero-order valence-electron chi connectivity index (χ0n) is 53.5. The molecule has 0 saturated heterocycles. The Hall–Kier alpha value is -2.06. The van der Waals surface area contributed by atoms with E-state index in [0.717, 1.165) is 77.0 Å². The number of hydrogen-bond acceptors (Lipinski definition) is 6. The summed E-state index contributed by atoms with van der Waals surface area (Å²) in [5.41, 5.74) is 0. The first-order valence-corrected chi connectivity index (χ1v) is 35.7. The summed E-state index contributed by atoms with van der Waals surface area (Å²) in [6.07, 6.45) is 85.4. The third-order valence-corrected chi connectivity index (χ3v) is 16.4. The molecule has 0 aliphatic heterocycles. The number of carbonyl (C=O) groups is 1. The van der Waals surface area contributed by atoms with Crippen LogP contribution in [0.5, 0.6) is 0 Å². The molecule has 0 aliphatic carbocycles. The minimum Gasteiger partial charge on any atom is -0.756 e. The Morgan fingerprint density at radius 2 is 0.762 bits per heavy atom. The normalized spacial score (nSPS) is 14.1. The van der Waals surface area contributed by atoms with Crippen LogP contribution in [0.2, 0.25) is 0 Å². The number of aliphatic hydroxyl groups is 1. The number of allylic oxidation sites excluding steroid dienone is 12. The Balaban J connectivity index is 3.99. The number of phosphoric ester groups is 1. The Morgan fingerprint density at radius 1 is 0.450 bits per heavy atom. The fraction of sp³-hybridized carbons (Fsp3) is 0.817. The number of phosphoric acid groups is 1. The summed E-state index contributed by atoms with van der Waals surface area (Å²) in [6, 6.07) is -0.803. The Labute approximate surface area is 497 Å². The zero-order valence-corrected chi connectivity index (χ0v) is 54.4. The molecule has 0 aliphatic rings. The fourth-order valence-corrected chi connectivity index (χ4v) is 10.9. The maximum absolute atomic E-state index is 13.0. The molecule has 468 valence electrons. The van der Waals surface area contributed by atoms with Crippen molar-refractivity contribution in [3.8, 4) is 0 Å². The largest absolute Gasteiger partial charge is 0.756 e. The summed E-state index contributed by atoms with van der Waals surface area (Å²) in [7, 11) is 1.31. The molecule has 0 bridgehead atoms. The average molecular weight is 1140 g/mol. The molecule has 0 heterocycles. The second kappa shape index (κ2) is 61.5. The van der Waals surface area contributed by atoms with Gasteiger partial charge in [-0.05, 0) is 64.2 Å². The molecule has 0 rings (SSSR count). The minimum absolute atomic E-state index is 0.0123. The lowest BCUT2D eigenvalue weighted by atomic mass is 10.0. The average Bonchev–Trinajstić information content (AvgIpc) is 3.42. The van der Waals surface area contributed by atoms with Crippen LogP contribution in [0.25, 0.3) is 0 Å². The van der Waals surface area contributed by atoms with Crippen molar-refractivity contribution in [1.82, 2.24) is 5.32 Å². The predicted molar refractivity (Wildman–Crippen MR) is 348 cm³/mol. The van der Waals surface area contributed by atoms with Crippen molar-refractivity contribution in [3.63, 3.8) is 0 Å². The monoisotopic (exact) mass is 1140 g/mol. The van der Waals surface area contributed by atoms with Gasteiger partial charge in [-0.2, -0.15) is 0 Å². The van der Waals surface area contributed by atoms with E-state index in [1.54, 1.807) is 0 Å². The molecule has 8 nitrogen and oxygen atoms in total. The predicted octanol–water partition coefficient (Wildman–Crippen LogP) is 21.1. The van der Waals surface area contributed by atoms with E-state index in [-0.39, 0.29) is 19.1 Å². The van der Waals surface area contributed by atoms with Crippen molar-refractivity contribution in [3.05, 3.63) is 72.9 Å². The van der Waals surface area contributed by atoms with Crippen LogP contribution in [0.1, 0.15) is 322 Å². The number of aliphatic hydroxyl groups excluding tert-OH is 1. The van der Waals surface area contributed by atoms with Crippen LogP contribution in [0.3, 0.4) is 0 Å². The first kappa shape index (κ1) is 77.9. The van der Waals surface area contributed by atoms with Crippen LogP contribution < -0.4 is 10.2 Å². The van der Waals surface area contributed by atoms with Crippen LogP contribution >= 0.6 is 7.82 Å². The molecule has 3 unspecified atom stereocenters. The van der Waals surface area contributed by atoms with Crippen LogP contribution in [0.15, 0.2) is 72.9 Å². The highest BCUT2D eigenvalue weighted by Gasteiger charge is 2.24. The van der Waals surface area contributed by atoms with E-state index in [1.165, 1.54) is 218 Å². The summed E-state index contributed by atoms with van der Waals surface area (Å²) < 4.78 is 23.5. The first-order valence-electron chi connectivity index (χ1n) is 34.3. The van der Waals surface area contributed by atoms with Crippen molar-refractivity contribution in [2.75, 3.05) is 40.9 Å². The van der Waals surface area contributed by atoms with E-state index in [9.17, 15) is 19.4 Å². The number of hydrogen-bond donors (Lipinski definition) is 2. The van der Waals surface area contributed by atoms with Crippen molar-refractivity contribution in [2.45, 2.75) is 334 Å². The highest BCUT2D eigenvalue weighted by atomic mass is 31.2. The van der Waals surface area contributed by atoms with E-state index < -0.39 is 20.0 Å². The van der Waals surface area contributed by atoms with Gasteiger partial charge in [0.05, 0.1) is 39.9 Å². The zero-order chi connectivity index (χ0) is 58.4. The van der Waals surface area contributed by atoms with Gasteiger partial charge in [-0.3, -0.25) is 9.36 Å². The van der Waals surface area contributed by atoms with Gasteiger partial charge in [-0.25, -0.2) is 0 Å². The van der Waals surface area contributed by atoms with Crippen molar-refractivity contribution in [2.24, 2.45) is 0 Å². The molecule has 0 radical (unpaired) electrons. The molecule has 0 saturated carbocycles. The van der Waals surface area contributed by atoms with Crippen molar-refractivity contribution >= 4 is 13.7 Å². The van der Waals surface area contributed by atoms with Gasteiger partial charge in [0.2, 0.25) is 5.91 Å². The fourth-order valence-electron chi connectivity index (χ4n) is 10.2. The molecule has 2 N–H and O–H groups in total. The number of likely N-dealkylation sites (N-methyl/N-ethyl adjacent to an activating group) is 1. The van der Waals surface area contributed by atoms with E-state index in [1.807, 2.05) is 21.1 Å². The molecule has 3 atom stereocenters. The molecule has 0 aromatic heterocycles. The maximum Gasteiger partial charge on any atom is 0.268 e. The Kier molecular flexibility index (Phi) is 59.9. The van der Waals surface area contributed by atoms with E-state index in [0.29, 0.717) is 23.9 Å². The lowest BCUT2D eigenvalue weighted by molar-refractivity contribution is -0.870. The summed E-state index contributed by atoms with van der Waals surface area (Å²) >= 11 is 0. The third-order valence-electron chi connectivity index (χ3n) is 15.5. The van der Waals surface area contributed by atoms with Gasteiger partial charge in [0.15, 0.2) is 0 Å². The lowest BCUT2D eigenvalue weighted by Gasteiger charge is -2.30.